The van der Waals surface area contributed by atoms with Crippen LogP contribution >= 0.6 is 15.9 Å². The lowest BCUT2D eigenvalue weighted by molar-refractivity contribution is 0.419. The second-order valence-corrected chi connectivity index (χ2v) is 3.88. The average Bonchev–Trinajstić information content (AvgIpc) is 2.06. The molecule has 1 aliphatic rings. The molecule has 0 amide bonds. The Morgan fingerprint density at radius 3 is 2.55 bits per heavy atom. The quantitative estimate of drug-likeness (QED) is 0.614. The number of rotatable bonds is 1. The van der Waals surface area contributed by atoms with Crippen molar-refractivity contribution in [1.82, 2.24) is 0 Å². The normalized spacial score (nSPS) is 21.3. The Balaban J connectivity index is 2.42. The molecule has 1 aliphatic carbocycles. The lowest BCUT2D eigenvalue weighted by atomic mass is 9.89. The Labute approximate surface area is 76.2 Å². The summed E-state index contributed by atoms with van der Waals surface area (Å²) in [6.45, 7) is 0. The number of nitrogens with zero attached hydrogens (tertiary/aromatic N) is 1. The summed E-state index contributed by atoms with van der Waals surface area (Å²) in [5.74, 6) is 0.651. The fraction of sp³-hybridized carbons (Fsp3) is 0.667. The smallest absolute Gasteiger partial charge is 0.106 e. The average molecular weight is 214 g/mol. The van der Waals surface area contributed by atoms with E-state index in [1.807, 2.05) is 0 Å². The SMILES string of the molecule is N#C/C(Br)=C/C1CCCCC1. The molecule has 0 aliphatic heterocycles. The molecule has 2 heteroatoms. The van der Waals surface area contributed by atoms with E-state index in [-0.39, 0.29) is 0 Å². The second kappa shape index (κ2) is 4.56. The van der Waals surface area contributed by atoms with E-state index in [1.165, 1.54) is 32.1 Å². The fourth-order valence-corrected chi connectivity index (χ4v) is 1.92. The van der Waals surface area contributed by atoms with E-state index in [2.05, 4.69) is 28.1 Å². The highest BCUT2D eigenvalue weighted by Gasteiger charge is 2.10. The van der Waals surface area contributed by atoms with E-state index in [0.29, 0.717) is 10.4 Å². The molecular weight excluding hydrogens is 202 g/mol. The van der Waals surface area contributed by atoms with Gasteiger partial charge in [0, 0.05) is 0 Å². The van der Waals surface area contributed by atoms with E-state index in [4.69, 9.17) is 5.26 Å². The van der Waals surface area contributed by atoms with Crippen LogP contribution in [0, 0.1) is 17.2 Å². The molecule has 0 saturated heterocycles. The Bertz CT molecular complexity index is 184. The van der Waals surface area contributed by atoms with Crippen LogP contribution in [0.4, 0.5) is 0 Å². The minimum atomic E-state index is 0.651. The van der Waals surface area contributed by atoms with Crippen LogP contribution in [0.2, 0.25) is 0 Å². The van der Waals surface area contributed by atoms with Crippen molar-refractivity contribution >= 4 is 15.9 Å². The van der Waals surface area contributed by atoms with Gasteiger partial charge in [-0.25, -0.2) is 0 Å². The van der Waals surface area contributed by atoms with Gasteiger partial charge < -0.3 is 0 Å². The van der Waals surface area contributed by atoms with Crippen LogP contribution in [0.5, 0.6) is 0 Å². The van der Waals surface area contributed by atoms with Crippen LogP contribution in [0.25, 0.3) is 0 Å². The number of hydrogen-bond donors (Lipinski definition) is 0. The van der Waals surface area contributed by atoms with Crippen molar-refractivity contribution in [3.63, 3.8) is 0 Å². The molecule has 0 unspecified atom stereocenters. The van der Waals surface area contributed by atoms with Gasteiger partial charge in [0.25, 0.3) is 0 Å². The summed E-state index contributed by atoms with van der Waals surface area (Å²) in [5.41, 5.74) is 0. The summed E-state index contributed by atoms with van der Waals surface area (Å²) in [4.78, 5) is 0. The maximum Gasteiger partial charge on any atom is 0.106 e. The van der Waals surface area contributed by atoms with Gasteiger partial charge in [-0.1, -0.05) is 25.3 Å². The van der Waals surface area contributed by atoms with Crippen molar-refractivity contribution in [3.8, 4) is 6.07 Å². The van der Waals surface area contributed by atoms with Crippen molar-refractivity contribution in [2.24, 2.45) is 5.92 Å². The number of hydrogen-bond acceptors (Lipinski definition) is 1. The van der Waals surface area contributed by atoms with Crippen molar-refractivity contribution < 1.29 is 0 Å². The van der Waals surface area contributed by atoms with Crippen LogP contribution in [-0.2, 0) is 0 Å². The zero-order chi connectivity index (χ0) is 8.10. The monoisotopic (exact) mass is 213 g/mol. The zero-order valence-corrected chi connectivity index (χ0v) is 8.10. The van der Waals surface area contributed by atoms with Crippen LogP contribution in [0.1, 0.15) is 32.1 Å². The van der Waals surface area contributed by atoms with Crippen LogP contribution in [0.3, 0.4) is 0 Å². The summed E-state index contributed by atoms with van der Waals surface area (Å²) < 4.78 is 0.699. The van der Waals surface area contributed by atoms with Crippen LogP contribution in [0.15, 0.2) is 10.6 Å². The van der Waals surface area contributed by atoms with Crippen molar-refractivity contribution in [3.05, 3.63) is 10.6 Å². The van der Waals surface area contributed by atoms with Crippen molar-refractivity contribution in [1.29, 1.82) is 5.26 Å². The number of nitriles is 1. The fourth-order valence-electron chi connectivity index (χ4n) is 1.55. The summed E-state index contributed by atoms with van der Waals surface area (Å²) in [5, 5.41) is 8.50. The molecule has 1 nitrogen and oxygen atoms in total. The third kappa shape index (κ3) is 3.07. The molecule has 0 aromatic rings. The van der Waals surface area contributed by atoms with Gasteiger partial charge in [-0.3, -0.25) is 0 Å². The molecule has 0 atom stereocenters. The first-order chi connectivity index (χ1) is 5.33. The maximum absolute atomic E-state index is 8.50. The number of halogens is 1. The highest BCUT2D eigenvalue weighted by Crippen LogP contribution is 2.26. The molecule has 0 N–H and O–H groups in total. The first kappa shape index (κ1) is 8.80. The second-order valence-electron chi connectivity index (χ2n) is 3.02. The standard InChI is InChI=1S/C9H12BrN/c10-9(7-11)6-8-4-2-1-3-5-8/h6,8H,1-5H2/b9-6-. The molecule has 11 heavy (non-hydrogen) atoms. The maximum atomic E-state index is 8.50. The Hall–Kier alpha value is -0.290. The molecule has 0 radical (unpaired) electrons. The molecule has 60 valence electrons. The summed E-state index contributed by atoms with van der Waals surface area (Å²) in [6.07, 6.45) is 8.60. The molecule has 0 aromatic carbocycles. The third-order valence-electron chi connectivity index (χ3n) is 2.14. The van der Waals surface area contributed by atoms with E-state index in [1.54, 1.807) is 0 Å². The van der Waals surface area contributed by atoms with Gasteiger partial charge in [-0.15, -0.1) is 0 Å². The highest BCUT2D eigenvalue weighted by molar-refractivity contribution is 9.12. The summed E-state index contributed by atoms with van der Waals surface area (Å²) in [7, 11) is 0. The van der Waals surface area contributed by atoms with Gasteiger partial charge >= 0.3 is 0 Å². The lowest BCUT2D eigenvalue weighted by Gasteiger charge is -2.17. The van der Waals surface area contributed by atoms with Gasteiger partial charge in [0.1, 0.15) is 6.07 Å². The summed E-state index contributed by atoms with van der Waals surface area (Å²) in [6, 6.07) is 2.09. The highest BCUT2D eigenvalue weighted by atomic mass is 79.9. The minimum absolute atomic E-state index is 0.651. The van der Waals surface area contributed by atoms with Gasteiger partial charge in [-0.05, 0) is 34.7 Å². The number of allylic oxidation sites excluding steroid dienone is 2. The molecule has 0 spiro atoms. The Kier molecular flexibility index (Phi) is 3.65. The van der Waals surface area contributed by atoms with Crippen LogP contribution < -0.4 is 0 Å². The van der Waals surface area contributed by atoms with E-state index >= 15 is 0 Å². The van der Waals surface area contributed by atoms with E-state index in [0.717, 1.165) is 0 Å². The van der Waals surface area contributed by atoms with Gasteiger partial charge in [-0.2, -0.15) is 5.26 Å². The zero-order valence-electron chi connectivity index (χ0n) is 6.52. The molecule has 1 fully saturated rings. The molecule has 0 heterocycles. The Morgan fingerprint density at radius 1 is 1.36 bits per heavy atom. The first-order valence-corrected chi connectivity index (χ1v) is 4.89. The topological polar surface area (TPSA) is 23.8 Å². The van der Waals surface area contributed by atoms with Crippen LogP contribution in [-0.4, -0.2) is 0 Å². The molecular formula is C9H12BrN. The van der Waals surface area contributed by atoms with Gasteiger partial charge in [0.15, 0.2) is 0 Å². The third-order valence-corrected chi connectivity index (χ3v) is 2.58. The van der Waals surface area contributed by atoms with E-state index < -0.39 is 0 Å². The minimum Gasteiger partial charge on any atom is -0.192 e. The first-order valence-electron chi connectivity index (χ1n) is 4.10. The molecule has 1 saturated carbocycles. The molecule has 1 rings (SSSR count). The predicted molar refractivity (Wildman–Crippen MR) is 49.2 cm³/mol. The van der Waals surface area contributed by atoms with Gasteiger partial charge in [0.05, 0.1) is 4.48 Å². The largest absolute Gasteiger partial charge is 0.192 e. The molecule has 0 bridgehead atoms. The Morgan fingerprint density at radius 2 is 2.00 bits per heavy atom. The molecule has 0 aromatic heterocycles. The lowest BCUT2D eigenvalue weighted by Crippen LogP contribution is -2.02. The summed E-state index contributed by atoms with van der Waals surface area (Å²) >= 11 is 3.21. The van der Waals surface area contributed by atoms with Crippen molar-refractivity contribution in [2.75, 3.05) is 0 Å². The van der Waals surface area contributed by atoms with Crippen molar-refractivity contribution in [2.45, 2.75) is 32.1 Å². The van der Waals surface area contributed by atoms with Gasteiger partial charge in [0.2, 0.25) is 0 Å². The van der Waals surface area contributed by atoms with E-state index in [9.17, 15) is 0 Å². The predicted octanol–water partition coefficient (Wildman–Crippen LogP) is 3.37.